The van der Waals surface area contributed by atoms with E-state index in [4.69, 9.17) is 9.47 Å². The van der Waals surface area contributed by atoms with Gasteiger partial charge in [-0.25, -0.2) is 0 Å². The van der Waals surface area contributed by atoms with Crippen LogP contribution >= 0.6 is 0 Å². The molecule has 0 fully saturated rings. The summed E-state index contributed by atoms with van der Waals surface area (Å²) in [6.07, 6.45) is 1.30. The first-order valence-corrected chi connectivity index (χ1v) is 19.0. The largest absolute Gasteiger partial charge is 0.497 e. The molecule has 0 atom stereocenters. The van der Waals surface area contributed by atoms with Crippen LogP contribution < -0.4 is 20.1 Å². The van der Waals surface area contributed by atoms with Crippen molar-refractivity contribution in [3.8, 4) is 11.5 Å². The Bertz CT molecular complexity index is 1170. The molecule has 2 amide bonds. The lowest BCUT2D eigenvalue weighted by Crippen LogP contribution is -2.31. The Hall–Kier alpha value is -3.89. The molecule has 0 heterocycles. The molecule has 0 radical (unpaired) electrons. The van der Waals surface area contributed by atoms with Gasteiger partial charge in [-0.3, -0.25) is 9.59 Å². The van der Waals surface area contributed by atoms with E-state index in [0.29, 0.717) is 35.0 Å². The summed E-state index contributed by atoms with van der Waals surface area (Å²) in [5.74, 6) is 0.982. The number of carbonyl (C=O) groups is 2. The smallest absolute Gasteiger partial charge is 0.255 e. The molecule has 3 aromatic rings. The maximum atomic E-state index is 12.7. The predicted octanol–water partition coefficient (Wildman–Crippen LogP) is 6.89. The van der Waals surface area contributed by atoms with E-state index in [1.807, 2.05) is 35.7 Å². The van der Waals surface area contributed by atoms with Gasteiger partial charge in [0.25, 0.3) is 11.8 Å². The number of ether oxygens (including phenoxy) is 2. The van der Waals surface area contributed by atoms with Gasteiger partial charge in [0, 0.05) is 22.5 Å². The first kappa shape index (κ1) is 28.7. The number of rotatable bonds is 12. The highest BCUT2D eigenvalue weighted by molar-refractivity contribution is 6.82. The number of anilines is 2. The third kappa shape index (κ3) is 8.60. The van der Waals surface area contributed by atoms with Gasteiger partial charge in [0.2, 0.25) is 0 Å². The summed E-state index contributed by atoms with van der Waals surface area (Å²) in [6.45, 7) is 16.5. The second kappa shape index (κ2) is 12.6. The van der Waals surface area contributed by atoms with Crippen molar-refractivity contribution >= 4 is 39.3 Å². The minimum atomic E-state index is -1.55. The van der Waals surface area contributed by atoms with Crippen molar-refractivity contribution in [2.45, 2.75) is 26.2 Å². The normalized spacial score (nSPS) is 11.3. The van der Waals surface area contributed by atoms with Crippen molar-refractivity contribution in [3.05, 3.63) is 108 Å². The van der Waals surface area contributed by atoms with Crippen LogP contribution in [0.5, 0.6) is 11.5 Å². The molecule has 2 N–H and O–H groups in total. The van der Waals surface area contributed by atoms with Gasteiger partial charge in [-0.1, -0.05) is 37.6 Å². The summed E-state index contributed by atoms with van der Waals surface area (Å²) in [6, 6.07) is 21.1. The van der Waals surface area contributed by atoms with Gasteiger partial charge in [0.1, 0.15) is 27.6 Å². The van der Waals surface area contributed by atoms with Crippen molar-refractivity contribution in [1.29, 1.82) is 0 Å². The minimum absolute atomic E-state index is 0.260. The summed E-state index contributed by atoms with van der Waals surface area (Å²) in [5, 5.41) is 5.74. The summed E-state index contributed by atoms with van der Waals surface area (Å²) < 4.78 is 11.7. The quantitative estimate of drug-likeness (QED) is 0.243. The van der Waals surface area contributed by atoms with E-state index < -0.39 is 16.1 Å². The Kier molecular flexibility index (Phi) is 9.49. The molecule has 3 rings (SSSR count). The standard InChI is InChI=1S/C30H36N2O4Si2/c1-7-37(3,4)21-35-27-17-13-25(14-18-27)31-29(33)23-9-11-24(12-10-23)30(34)32-26-15-19-28(20-16-26)36-22-38(5,6)8-2/h7-20H,1-2,21-22H2,3-6H3,(H,31,33)(H,32,34). The highest BCUT2D eigenvalue weighted by Crippen LogP contribution is 2.20. The number of carbonyl (C=O) groups excluding carboxylic acids is 2. The van der Waals surface area contributed by atoms with E-state index in [-0.39, 0.29) is 11.8 Å². The van der Waals surface area contributed by atoms with Crippen LogP contribution in [-0.4, -0.2) is 40.4 Å². The van der Waals surface area contributed by atoms with E-state index in [0.717, 1.165) is 11.5 Å². The fourth-order valence-electron chi connectivity index (χ4n) is 3.11. The van der Waals surface area contributed by atoms with Crippen LogP contribution in [0, 0.1) is 0 Å². The number of benzene rings is 3. The molecule has 38 heavy (non-hydrogen) atoms. The van der Waals surface area contributed by atoms with Crippen molar-refractivity contribution < 1.29 is 19.1 Å². The average molecular weight is 545 g/mol. The van der Waals surface area contributed by atoms with Crippen LogP contribution in [0.4, 0.5) is 11.4 Å². The van der Waals surface area contributed by atoms with Crippen LogP contribution in [0.25, 0.3) is 0 Å². The lowest BCUT2D eigenvalue weighted by Gasteiger charge is -2.18. The van der Waals surface area contributed by atoms with Crippen LogP contribution in [0.1, 0.15) is 20.7 Å². The van der Waals surface area contributed by atoms with E-state index in [1.165, 1.54) is 0 Å². The minimum Gasteiger partial charge on any atom is -0.497 e. The van der Waals surface area contributed by atoms with E-state index in [9.17, 15) is 9.59 Å². The van der Waals surface area contributed by atoms with Crippen LogP contribution in [-0.2, 0) is 0 Å². The molecule has 0 aromatic heterocycles. The van der Waals surface area contributed by atoms with Gasteiger partial charge >= 0.3 is 0 Å². The van der Waals surface area contributed by atoms with Crippen LogP contribution in [0.2, 0.25) is 26.2 Å². The molecule has 0 spiro atoms. The molecule has 6 nitrogen and oxygen atoms in total. The maximum Gasteiger partial charge on any atom is 0.255 e. The van der Waals surface area contributed by atoms with E-state index >= 15 is 0 Å². The lowest BCUT2D eigenvalue weighted by molar-refractivity contribution is 0.101. The van der Waals surface area contributed by atoms with Crippen molar-refractivity contribution in [1.82, 2.24) is 0 Å². The van der Waals surface area contributed by atoms with Crippen LogP contribution in [0.3, 0.4) is 0 Å². The lowest BCUT2D eigenvalue weighted by atomic mass is 10.1. The van der Waals surface area contributed by atoms with Crippen LogP contribution in [0.15, 0.2) is 97.4 Å². The predicted molar refractivity (Wildman–Crippen MR) is 162 cm³/mol. The highest BCUT2D eigenvalue weighted by Gasteiger charge is 2.18. The van der Waals surface area contributed by atoms with Gasteiger partial charge in [0.05, 0.1) is 12.5 Å². The first-order chi connectivity index (χ1) is 18.0. The molecule has 0 saturated heterocycles. The fraction of sp³-hybridized carbons (Fsp3) is 0.200. The van der Waals surface area contributed by atoms with Gasteiger partial charge < -0.3 is 20.1 Å². The molecular weight excluding hydrogens is 509 g/mol. The SMILES string of the molecule is C=C[Si](C)(C)COc1ccc(NC(=O)c2ccc(C(=O)Nc3ccc(OC[Si](C)(C)C=C)cc3)cc2)cc1. The molecule has 0 bridgehead atoms. The molecule has 8 heteroatoms. The van der Waals surface area contributed by atoms with Crippen molar-refractivity contribution in [2.24, 2.45) is 0 Å². The first-order valence-electron chi connectivity index (χ1n) is 12.5. The third-order valence-corrected chi connectivity index (χ3v) is 9.95. The Labute approximate surface area is 227 Å². The summed E-state index contributed by atoms with van der Waals surface area (Å²) >= 11 is 0. The fourth-order valence-corrected chi connectivity index (χ4v) is 4.42. The second-order valence-corrected chi connectivity index (χ2v) is 19.8. The van der Waals surface area contributed by atoms with Crippen molar-refractivity contribution in [2.75, 3.05) is 23.1 Å². The molecule has 0 aliphatic heterocycles. The zero-order valence-corrected chi connectivity index (χ0v) is 24.5. The third-order valence-electron chi connectivity index (χ3n) is 5.96. The zero-order chi connectivity index (χ0) is 27.8. The molecule has 198 valence electrons. The Morgan fingerprint density at radius 2 is 0.947 bits per heavy atom. The number of hydrogen-bond donors (Lipinski definition) is 2. The van der Waals surface area contributed by atoms with Gasteiger partial charge in [0.15, 0.2) is 0 Å². The molecule has 0 unspecified atom stereocenters. The second-order valence-electron chi connectivity index (χ2n) is 10.5. The molecule has 0 aliphatic carbocycles. The monoisotopic (exact) mass is 544 g/mol. The van der Waals surface area contributed by atoms with E-state index in [1.54, 1.807) is 48.5 Å². The average Bonchev–Trinajstić information content (AvgIpc) is 2.92. The Balaban J connectivity index is 1.52. The molecule has 3 aromatic carbocycles. The summed E-state index contributed by atoms with van der Waals surface area (Å²) in [5.41, 5.74) is 6.22. The highest BCUT2D eigenvalue weighted by atomic mass is 28.3. The zero-order valence-electron chi connectivity index (χ0n) is 22.5. The van der Waals surface area contributed by atoms with Gasteiger partial charge in [-0.15, -0.1) is 13.2 Å². The molecule has 0 saturated carbocycles. The Morgan fingerprint density at radius 3 is 1.24 bits per heavy atom. The topological polar surface area (TPSA) is 76.7 Å². The maximum absolute atomic E-state index is 12.7. The Morgan fingerprint density at radius 1 is 0.632 bits per heavy atom. The molecule has 0 aliphatic rings. The summed E-state index contributed by atoms with van der Waals surface area (Å²) in [4.78, 5) is 25.3. The molecular formula is C30H36N2O4Si2. The van der Waals surface area contributed by atoms with Gasteiger partial charge in [-0.2, -0.15) is 0 Å². The van der Waals surface area contributed by atoms with Gasteiger partial charge in [-0.05, 0) is 72.8 Å². The summed E-state index contributed by atoms with van der Waals surface area (Å²) in [7, 11) is -3.11. The van der Waals surface area contributed by atoms with Crippen molar-refractivity contribution in [3.63, 3.8) is 0 Å². The number of nitrogens with one attached hydrogen (secondary N) is 2. The van der Waals surface area contributed by atoms with E-state index in [2.05, 4.69) is 50.0 Å². The number of amides is 2. The number of hydrogen-bond acceptors (Lipinski definition) is 4.